The SMILES string of the molecule is CC(CO)N(C)C(=O)CN. The van der Waals surface area contributed by atoms with Crippen molar-refractivity contribution >= 4 is 5.91 Å². The van der Waals surface area contributed by atoms with Crippen LogP contribution in [-0.2, 0) is 4.79 Å². The molecule has 0 aromatic rings. The second-order valence-electron chi connectivity index (χ2n) is 2.24. The average Bonchev–Trinajstić information content (AvgIpc) is 2.00. The standard InChI is InChI=1S/C6H14N2O2/c1-5(4-9)8(2)6(10)3-7/h5,9H,3-4,7H2,1-2H3. The number of hydrogen-bond donors (Lipinski definition) is 2. The van der Waals surface area contributed by atoms with E-state index in [9.17, 15) is 4.79 Å². The molecule has 0 aromatic carbocycles. The van der Waals surface area contributed by atoms with Crippen LogP contribution in [0.15, 0.2) is 0 Å². The van der Waals surface area contributed by atoms with Gasteiger partial charge in [-0.15, -0.1) is 0 Å². The minimum Gasteiger partial charge on any atom is -0.394 e. The lowest BCUT2D eigenvalue weighted by atomic mass is 10.3. The maximum Gasteiger partial charge on any atom is 0.236 e. The van der Waals surface area contributed by atoms with Gasteiger partial charge in [0.15, 0.2) is 0 Å². The molecule has 1 unspecified atom stereocenters. The molecule has 0 aromatic heterocycles. The Balaban J connectivity index is 3.81. The number of rotatable bonds is 3. The number of amides is 1. The van der Waals surface area contributed by atoms with Crippen molar-refractivity contribution in [2.75, 3.05) is 20.2 Å². The molecule has 4 heteroatoms. The lowest BCUT2D eigenvalue weighted by Gasteiger charge is -2.22. The minimum absolute atomic E-state index is 0.000833. The van der Waals surface area contributed by atoms with Crippen LogP contribution < -0.4 is 5.73 Å². The van der Waals surface area contributed by atoms with E-state index in [-0.39, 0.29) is 25.1 Å². The highest BCUT2D eigenvalue weighted by Gasteiger charge is 2.11. The average molecular weight is 146 g/mol. The molecule has 0 aliphatic carbocycles. The predicted octanol–water partition coefficient (Wildman–Crippen LogP) is -1.22. The fourth-order valence-electron chi connectivity index (χ4n) is 0.512. The van der Waals surface area contributed by atoms with Crippen molar-refractivity contribution in [1.82, 2.24) is 4.90 Å². The van der Waals surface area contributed by atoms with Crippen LogP contribution in [-0.4, -0.2) is 42.2 Å². The molecule has 0 radical (unpaired) electrons. The van der Waals surface area contributed by atoms with Crippen LogP contribution in [0.1, 0.15) is 6.92 Å². The molecule has 0 heterocycles. The molecule has 1 atom stereocenters. The predicted molar refractivity (Wildman–Crippen MR) is 38.4 cm³/mol. The first kappa shape index (κ1) is 9.39. The zero-order valence-electron chi connectivity index (χ0n) is 6.37. The Kier molecular flexibility index (Phi) is 3.99. The van der Waals surface area contributed by atoms with E-state index in [2.05, 4.69) is 0 Å². The number of carbonyl (C=O) groups is 1. The fraction of sp³-hybridized carbons (Fsp3) is 0.833. The van der Waals surface area contributed by atoms with Gasteiger partial charge in [-0.05, 0) is 6.92 Å². The Bertz CT molecular complexity index is 116. The highest BCUT2D eigenvalue weighted by Crippen LogP contribution is 1.92. The van der Waals surface area contributed by atoms with Gasteiger partial charge in [0.25, 0.3) is 0 Å². The molecule has 0 bridgehead atoms. The third-order valence-electron chi connectivity index (χ3n) is 1.49. The van der Waals surface area contributed by atoms with Crippen LogP contribution in [0.2, 0.25) is 0 Å². The van der Waals surface area contributed by atoms with Crippen molar-refractivity contribution in [2.24, 2.45) is 5.73 Å². The number of hydrogen-bond acceptors (Lipinski definition) is 3. The van der Waals surface area contributed by atoms with E-state index in [1.165, 1.54) is 4.90 Å². The molecule has 0 fully saturated rings. The highest BCUT2D eigenvalue weighted by molar-refractivity contribution is 5.77. The summed E-state index contributed by atoms with van der Waals surface area (Å²) in [5.41, 5.74) is 5.09. The molecular formula is C6H14N2O2. The number of carbonyl (C=O) groups excluding carboxylic acids is 1. The Morgan fingerprint density at radius 2 is 2.30 bits per heavy atom. The first-order valence-corrected chi connectivity index (χ1v) is 3.20. The first-order valence-electron chi connectivity index (χ1n) is 3.20. The van der Waals surface area contributed by atoms with E-state index in [0.29, 0.717) is 0 Å². The van der Waals surface area contributed by atoms with Gasteiger partial charge in [0, 0.05) is 7.05 Å². The molecule has 0 rings (SSSR count). The molecule has 0 spiro atoms. The van der Waals surface area contributed by atoms with Crippen molar-refractivity contribution in [1.29, 1.82) is 0 Å². The topological polar surface area (TPSA) is 66.6 Å². The lowest BCUT2D eigenvalue weighted by molar-refractivity contribution is -0.130. The van der Waals surface area contributed by atoms with Gasteiger partial charge in [-0.25, -0.2) is 0 Å². The summed E-state index contributed by atoms with van der Waals surface area (Å²) in [5.74, 6) is -0.151. The molecule has 10 heavy (non-hydrogen) atoms. The van der Waals surface area contributed by atoms with Crippen LogP contribution in [0, 0.1) is 0 Å². The summed E-state index contributed by atoms with van der Waals surface area (Å²) in [4.78, 5) is 12.2. The summed E-state index contributed by atoms with van der Waals surface area (Å²) in [6.07, 6.45) is 0. The maximum absolute atomic E-state index is 10.8. The van der Waals surface area contributed by atoms with E-state index in [0.717, 1.165) is 0 Å². The number of aliphatic hydroxyl groups is 1. The molecule has 0 saturated carbocycles. The lowest BCUT2D eigenvalue weighted by Crippen LogP contribution is -2.40. The van der Waals surface area contributed by atoms with Crippen LogP contribution in [0.3, 0.4) is 0 Å². The van der Waals surface area contributed by atoms with Gasteiger partial charge in [0.2, 0.25) is 5.91 Å². The van der Waals surface area contributed by atoms with E-state index in [4.69, 9.17) is 10.8 Å². The Morgan fingerprint density at radius 3 is 2.60 bits per heavy atom. The molecule has 0 aliphatic rings. The van der Waals surface area contributed by atoms with E-state index < -0.39 is 0 Å². The monoisotopic (exact) mass is 146 g/mol. The second-order valence-corrected chi connectivity index (χ2v) is 2.24. The Labute approximate surface area is 60.6 Å². The molecule has 4 nitrogen and oxygen atoms in total. The molecule has 1 amide bonds. The largest absolute Gasteiger partial charge is 0.394 e. The minimum atomic E-state index is -0.151. The summed E-state index contributed by atoms with van der Waals surface area (Å²) in [6.45, 7) is 1.73. The first-order chi connectivity index (χ1) is 4.63. The van der Waals surface area contributed by atoms with Crippen LogP contribution in [0.5, 0.6) is 0 Å². The zero-order valence-corrected chi connectivity index (χ0v) is 6.37. The van der Waals surface area contributed by atoms with E-state index >= 15 is 0 Å². The summed E-state index contributed by atoms with van der Waals surface area (Å²) in [6, 6.07) is -0.143. The van der Waals surface area contributed by atoms with Gasteiger partial charge in [0.05, 0.1) is 19.2 Å². The highest BCUT2D eigenvalue weighted by atomic mass is 16.3. The third-order valence-corrected chi connectivity index (χ3v) is 1.49. The van der Waals surface area contributed by atoms with Crippen molar-refractivity contribution < 1.29 is 9.90 Å². The molecule has 0 aliphatic heterocycles. The maximum atomic E-state index is 10.8. The quantitative estimate of drug-likeness (QED) is 0.524. The number of nitrogens with zero attached hydrogens (tertiary/aromatic N) is 1. The number of aliphatic hydroxyl groups excluding tert-OH is 1. The van der Waals surface area contributed by atoms with Gasteiger partial charge < -0.3 is 15.7 Å². The van der Waals surface area contributed by atoms with Gasteiger partial charge in [-0.2, -0.15) is 0 Å². The molecular weight excluding hydrogens is 132 g/mol. The van der Waals surface area contributed by atoms with Crippen molar-refractivity contribution in [2.45, 2.75) is 13.0 Å². The van der Waals surface area contributed by atoms with E-state index in [1.54, 1.807) is 14.0 Å². The fourth-order valence-corrected chi connectivity index (χ4v) is 0.512. The summed E-state index contributed by atoms with van der Waals surface area (Å²) in [5, 5.41) is 8.61. The van der Waals surface area contributed by atoms with Crippen LogP contribution in [0.4, 0.5) is 0 Å². The van der Waals surface area contributed by atoms with Crippen molar-refractivity contribution in [3.05, 3.63) is 0 Å². The normalized spacial score (nSPS) is 12.8. The van der Waals surface area contributed by atoms with Gasteiger partial charge in [-0.3, -0.25) is 4.79 Å². The van der Waals surface area contributed by atoms with Crippen LogP contribution >= 0.6 is 0 Å². The summed E-state index contributed by atoms with van der Waals surface area (Å²) < 4.78 is 0. The smallest absolute Gasteiger partial charge is 0.236 e. The molecule has 3 N–H and O–H groups in total. The zero-order chi connectivity index (χ0) is 8.15. The number of likely N-dealkylation sites (N-methyl/N-ethyl adjacent to an activating group) is 1. The molecule has 0 saturated heterocycles. The second kappa shape index (κ2) is 4.24. The summed E-state index contributed by atoms with van der Waals surface area (Å²) >= 11 is 0. The third kappa shape index (κ3) is 2.33. The summed E-state index contributed by atoms with van der Waals surface area (Å²) in [7, 11) is 1.62. The van der Waals surface area contributed by atoms with E-state index in [1.807, 2.05) is 0 Å². The van der Waals surface area contributed by atoms with Crippen molar-refractivity contribution in [3.8, 4) is 0 Å². The Morgan fingerprint density at radius 1 is 1.80 bits per heavy atom. The van der Waals surface area contributed by atoms with Gasteiger partial charge in [0.1, 0.15) is 0 Å². The van der Waals surface area contributed by atoms with Gasteiger partial charge >= 0.3 is 0 Å². The Hall–Kier alpha value is -0.610. The number of nitrogens with two attached hydrogens (primary N) is 1. The van der Waals surface area contributed by atoms with Crippen LogP contribution in [0.25, 0.3) is 0 Å². The van der Waals surface area contributed by atoms with Gasteiger partial charge in [-0.1, -0.05) is 0 Å². The van der Waals surface area contributed by atoms with Crippen molar-refractivity contribution in [3.63, 3.8) is 0 Å². The molecule has 60 valence electrons.